The van der Waals surface area contributed by atoms with E-state index in [2.05, 4.69) is 41.1 Å². The van der Waals surface area contributed by atoms with Crippen LogP contribution in [-0.2, 0) is 17.8 Å². The van der Waals surface area contributed by atoms with E-state index in [1.165, 1.54) is 21.1 Å². The van der Waals surface area contributed by atoms with Crippen LogP contribution in [0.15, 0.2) is 41.5 Å². The molecule has 152 valence electrons. The molecule has 1 amide bonds. The largest absolute Gasteiger partial charge is 0.339 e. The SMILES string of the molecule is CCc1ccc(-c2cc3c(=O)n(CC(=O)N4CCN(CC)CC4)ncn3n2)cc1. The summed E-state index contributed by atoms with van der Waals surface area (Å²) in [5.41, 5.74) is 3.02. The second-order valence-electron chi connectivity index (χ2n) is 7.32. The lowest BCUT2D eigenvalue weighted by atomic mass is 10.1. The molecule has 3 heterocycles. The van der Waals surface area contributed by atoms with Crippen molar-refractivity contribution in [3.63, 3.8) is 0 Å². The Bertz CT molecular complexity index is 1060. The van der Waals surface area contributed by atoms with E-state index in [1.807, 2.05) is 17.0 Å². The first kappa shape index (κ1) is 19.3. The molecule has 1 aliphatic rings. The maximum Gasteiger partial charge on any atom is 0.293 e. The lowest BCUT2D eigenvalue weighted by Crippen LogP contribution is -2.50. The van der Waals surface area contributed by atoms with E-state index in [0.717, 1.165) is 31.6 Å². The molecule has 0 spiro atoms. The van der Waals surface area contributed by atoms with Crippen molar-refractivity contribution in [3.05, 3.63) is 52.6 Å². The summed E-state index contributed by atoms with van der Waals surface area (Å²) in [5.74, 6) is -0.0744. The minimum absolute atomic E-state index is 0.0484. The van der Waals surface area contributed by atoms with Gasteiger partial charge in [-0.2, -0.15) is 10.2 Å². The van der Waals surface area contributed by atoms with Crippen LogP contribution in [0.5, 0.6) is 0 Å². The van der Waals surface area contributed by atoms with E-state index < -0.39 is 0 Å². The fraction of sp³-hybridized carbons (Fsp3) is 0.429. The summed E-state index contributed by atoms with van der Waals surface area (Å²) in [7, 11) is 0. The van der Waals surface area contributed by atoms with Crippen molar-refractivity contribution in [2.24, 2.45) is 0 Å². The molecule has 8 heteroatoms. The van der Waals surface area contributed by atoms with Gasteiger partial charge in [0.15, 0.2) is 0 Å². The molecule has 1 saturated heterocycles. The summed E-state index contributed by atoms with van der Waals surface area (Å²) in [6.07, 6.45) is 2.46. The number of benzene rings is 1. The van der Waals surface area contributed by atoms with Gasteiger partial charge in [0.2, 0.25) is 5.91 Å². The van der Waals surface area contributed by atoms with Crippen molar-refractivity contribution in [1.29, 1.82) is 0 Å². The van der Waals surface area contributed by atoms with Crippen molar-refractivity contribution in [3.8, 4) is 11.3 Å². The number of nitrogens with zero attached hydrogens (tertiary/aromatic N) is 6. The number of piperazine rings is 1. The van der Waals surface area contributed by atoms with Gasteiger partial charge >= 0.3 is 0 Å². The van der Waals surface area contributed by atoms with Gasteiger partial charge in [-0.05, 0) is 24.6 Å². The smallest absolute Gasteiger partial charge is 0.293 e. The zero-order valence-electron chi connectivity index (χ0n) is 16.9. The molecule has 0 N–H and O–H groups in total. The Morgan fingerprint density at radius 2 is 1.79 bits per heavy atom. The van der Waals surface area contributed by atoms with Gasteiger partial charge in [0.1, 0.15) is 18.4 Å². The Labute approximate surface area is 169 Å². The number of aryl methyl sites for hydroxylation is 1. The summed E-state index contributed by atoms with van der Waals surface area (Å²) in [4.78, 5) is 29.6. The van der Waals surface area contributed by atoms with Crippen LogP contribution in [0.25, 0.3) is 16.8 Å². The zero-order valence-corrected chi connectivity index (χ0v) is 16.9. The van der Waals surface area contributed by atoms with E-state index in [0.29, 0.717) is 24.3 Å². The predicted molar refractivity (Wildman–Crippen MR) is 111 cm³/mol. The number of carbonyl (C=O) groups excluding carboxylic acids is 1. The monoisotopic (exact) mass is 394 g/mol. The number of hydrogen-bond acceptors (Lipinski definition) is 5. The highest BCUT2D eigenvalue weighted by atomic mass is 16.2. The Morgan fingerprint density at radius 1 is 1.07 bits per heavy atom. The Hall–Kier alpha value is -3.00. The van der Waals surface area contributed by atoms with Crippen LogP contribution >= 0.6 is 0 Å². The van der Waals surface area contributed by atoms with E-state index in [9.17, 15) is 9.59 Å². The fourth-order valence-corrected chi connectivity index (χ4v) is 3.64. The molecule has 4 rings (SSSR count). The van der Waals surface area contributed by atoms with Crippen molar-refractivity contribution >= 4 is 11.4 Å². The summed E-state index contributed by atoms with van der Waals surface area (Å²) in [6.45, 7) is 8.28. The first-order valence-electron chi connectivity index (χ1n) is 10.1. The molecule has 0 atom stereocenters. The number of rotatable bonds is 5. The van der Waals surface area contributed by atoms with Crippen LogP contribution in [-0.4, -0.2) is 67.8 Å². The molecule has 1 fully saturated rings. The third-order valence-electron chi connectivity index (χ3n) is 5.60. The number of aromatic nitrogens is 4. The molecular formula is C21H26N6O2. The molecule has 0 unspecified atom stereocenters. The van der Waals surface area contributed by atoms with E-state index in [-0.39, 0.29) is 18.0 Å². The van der Waals surface area contributed by atoms with E-state index in [1.54, 1.807) is 6.07 Å². The number of amides is 1. The summed E-state index contributed by atoms with van der Waals surface area (Å²) in [5, 5.41) is 8.62. The molecular weight excluding hydrogens is 368 g/mol. The second-order valence-corrected chi connectivity index (χ2v) is 7.32. The zero-order chi connectivity index (χ0) is 20.4. The predicted octanol–water partition coefficient (Wildman–Crippen LogP) is 1.28. The highest BCUT2D eigenvalue weighted by Gasteiger charge is 2.21. The van der Waals surface area contributed by atoms with Gasteiger partial charge in [0.05, 0.1) is 5.69 Å². The molecule has 0 radical (unpaired) electrons. The lowest BCUT2D eigenvalue weighted by molar-refractivity contribution is -0.133. The average Bonchev–Trinajstić information content (AvgIpc) is 3.21. The maximum atomic E-state index is 12.9. The van der Waals surface area contributed by atoms with E-state index >= 15 is 0 Å². The molecule has 1 aromatic carbocycles. The van der Waals surface area contributed by atoms with Gasteiger partial charge in [-0.3, -0.25) is 9.59 Å². The van der Waals surface area contributed by atoms with Gasteiger partial charge in [-0.15, -0.1) is 0 Å². The van der Waals surface area contributed by atoms with Crippen LogP contribution in [0.1, 0.15) is 19.4 Å². The lowest BCUT2D eigenvalue weighted by Gasteiger charge is -2.34. The first-order valence-corrected chi connectivity index (χ1v) is 10.1. The Balaban J connectivity index is 1.54. The summed E-state index contributed by atoms with van der Waals surface area (Å²) < 4.78 is 2.71. The molecule has 1 aliphatic heterocycles. The Kier molecular flexibility index (Phi) is 5.44. The average molecular weight is 394 g/mol. The normalized spacial score (nSPS) is 15.2. The second kappa shape index (κ2) is 8.16. The molecule has 2 aromatic heterocycles. The summed E-state index contributed by atoms with van der Waals surface area (Å²) in [6, 6.07) is 9.89. The van der Waals surface area contributed by atoms with Crippen LogP contribution < -0.4 is 5.56 Å². The molecule has 0 aliphatic carbocycles. The van der Waals surface area contributed by atoms with Gasteiger partial charge in [-0.25, -0.2) is 9.20 Å². The van der Waals surface area contributed by atoms with Crippen molar-refractivity contribution in [1.82, 2.24) is 29.2 Å². The maximum absolute atomic E-state index is 12.9. The molecule has 0 saturated carbocycles. The Morgan fingerprint density at radius 3 is 2.45 bits per heavy atom. The molecule has 3 aromatic rings. The number of carbonyl (C=O) groups is 1. The van der Waals surface area contributed by atoms with Crippen LogP contribution in [0.2, 0.25) is 0 Å². The van der Waals surface area contributed by atoms with Gasteiger partial charge in [0, 0.05) is 31.7 Å². The third-order valence-corrected chi connectivity index (χ3v) is 5.60. The highest BCUT2D eigenvalue weighted by molar-refractivity contribution is 5.76. The van der Waals surface area contributed by atoms with Gasteiger partial charge in [-0.1, -0.05) is 38.1 Å². The molecule has 0 bridgehead atoms. The fourth-order valence-electron chi connectivity index (χ4n) is 3.64. The summed E-state index contributed by atoms with van der Waals surface area (Å²) >= 11 is 0. The molecule has 8 nitrogen and oxygen atoms in total. The van der Waals surface area contributed by atoms with Crippen LogP contribution in [0, 0.1) is 0 Å². The standard InChI is InChI=1S/C21H26N6O2/c1-3-16-5-7-17(8-6-16)18-13-19-21(29)26(22-15-27(19)23-18)14-20(28)25-11-9-24(4-2)10-12-25/h5-8,13,15H,3-4,9-12,14H2,1-2H3. The van der Waals surface area contributed by atoms with Crippen molar-refractivity contribution in [2.75, 3.05) is 32.7 Å². The quantitative estimate of drug-likeness (QED) is 0.652. The van der Waals surface area contributed by atoms with Gasteiger partial charge in [0.25, 0.3) is 5.56 Å². The number of fused-ring (bicyclic) bond motifs is 1. The third kappa shape index (κ3) is 3.93. The van der Waals surface area contributed by atoms with Crippen LogP contribution in [0.4, 0.5) is 0 Å². The van der Waals surface area contributed by atoms with Crippen LogP contribution in [0.3, 0.4) is 0 Å². The van der Waals surface area contributed by atoms with Gasteiger partial charge < -0.3 is 9.80 Å². The topological polar surface area (TPSA) is 75.7 Å². The minimum Gasteiger partial charge on any atom is -0.339 e. The van der Waals surface area contributed by atoms with E-state index in [4.69, 9.17) is 0 Å². The van der Waals surface area contributed by atoms with Crippen molar-refractivity contribution in [2.45, 2.75) is 26.8 Å². The first-order chi connectivity index (χ1) is 14.1. The minimum atomic E-state index is -0.308. The number of hydrogen-bond donors (Lipinski definition) is 0. The number of likely N-dealkylation sites (N-methyl/N-ethyl adjacent to an activating group) is 1. The highest BCUT2D eigenvalue weighted by Crippen LogP contribution is 2.19. The molecule has 29 heavy (non-hydrogen) atoms. The van der Waals surface area contributed by atoms with Crippen molar-refractivity contribution < 1.29 is 4.79 Å².